The second-order valence-corrected chi connectivity index (χ2v) is 5.64. The van der Waals surface area contributed by atoms with E-state index in [-0.39, 0.29) is 6.61 Å². The van der Waals surface area contributed by atoms with E-state index in [4.69, 9.17) is 17.3 Å². The molecule has 2 N–H and O–H groups in total. The van der Waals surface area contributed by atoms with E-state index < -0.39 is 0 Å². The third-order valence-electron chi connectivity index (χ3n) is 3.79. The van der Waals surface area contributed by atoms with Crippen molar-refractivity contribution in [3.63, 3.8) is 0 Å². The highest BCUT2D eigenvalue weighted by molar-refractivity contribution is 7.80. The summed E-state index contributed by atoms with van der Waals surface area (Å²) in [7, 11) is 0. The summed E-state index contributed by atoms with van der Waals surface area (Å²) in [5.74, 6) is 0. The Morgan fingerprint density at radius 3 is 2.35 bits per heavy atom. The van der Waals surface area contributed by atoms with Crippen LogP contribution in [0.3, 0.4) is 0 Å². The van der Waals surface area contributed by atoms with Gasteiger partial charge in [0.15, 0.2) is 5.11 Å². The van der Waals surface area contributed by atoms with Gasteiger partial charge in [-0.25, -0.2) is 0 Å². The lowest BCUT2D eigenvalue weighted by atomic mass is 10.1. The first-order valence-corrected chi connectivity index (χ1v) is 7.48. The molecule has 1 heterocycles. The van der Waals surface area contributed by atoms with E-state index in [1.54, 1.807) is 0 Å². The van der Waals surface area contributed by atoms with Crippen LogP contribution in [0.2, 0.25) is 0 Å². The monoisotopic (exact) mass is 293 g/mol. The van der Waals surface area contributed by atoms with Crippen molar-refractivity contribution in [1.82, 2.24) is 9.80 Å². The fraction of sp³-hybridized carbons (Fsp3) is 0.533. The number of para-hydroxylation sites is 1. The van der Waals surface area contributed by atoms with Crippen molar-refractivity contribution in [3.8, 4) is 0 Å². The molecule has 0 atom stereocenters. The minimum atomic E-state index is 0.227. The summed E-state index contributed by atoms with van der Waals surface area (Å²) in [6.07, 6.45) is 0. The van der Waals surface area contributed by atoms with Crippen LogP contribution in [0.25, 0.3) is 0 Å². The molecule has 0 radical (unpaired) electrons. The third-order valence-corrected chi connectivity index (χ3v) is 4.15. The highest BCUT2D eigenvalue weighted by Gasteiger charge is 2.19. The van der Waals surface area contributed by atoms with E-state index in [0.717, 1.165) is 43.5 Å². The number of benzene rings is 1. The summed E-state index contributed by atoms with van der Waals surface area (Å²) in [6.45, 7) is 8.90. The lowest BCUT2D eigenvalue weighted by Gasteiger charge is -2.36. The van der Waals surface area contributed by atoms with E-state index in [0.29, 0.717) is 0 Å². The second kappa shape index (κ2) is 7.02. The average molecular weight is 293 g/mol. The zero-order chi connectivity index (χ0) is 14.5. The molecule has 0 amide bonds. The number of nitrogens with zero attached hydrogens (tertiary/aromatic N) is 2. The fourth-order valence-corrected chi connectivity index (χ4v) is 2.80. The SMILES string of the molecule is Cc1cccc(C)c1NC(=S)N1CCN(CCO)CC1. The van der Waals surface area contributed by atoms with Gasteiger partial charge in [0.1, 0.15) is 0 Å². The lowest BCUT2D eigenvalue weighted by Crippen LogP contribution is -2.50. The molecule has 110 valence electrons. The maximum absolute atomic E-state index is 8.96. The first-order chi connectivity index (χ1) is 9.61. The summed E-state index contributed by atoms with van der Waals surface area (Å²) in [5, 5.41) is 13.1. The van der Waals surface area contributed by atoms with Gasteiger partial charge in [-0.05, 0) is 37.2 Å². The normalized spacial score (nSPS) is 16.2. The smallest absolute Gasteiger partial charge is 0.173 e. The van der Waals surface area contributed by atoms with Crippen LogP contribution in [-0.2, 0) is 0 Å². The van der Waals surface area contributed by atoms with Crippen LogP contribution in [-0.4, -0.2) is 59.3 Å². The number of hydrogen-bond donors (Lipinski definition) is 2. The van der Waals surface area contributed by atoms with Crippen LogP contribution >= 0.6 is 12.2 Å². The highest BCUT2D eigenvalue weighted by atomic mass is 32.1. The van der Waals surface area contributed by atoms with E-state index in [9.17, 15) is 0 Å². The van der Waals surface area contributed by atoms with Gasteiger partial charge in [-0.15, -0.1) is 0 Å². The molecular weight excluding hydrogens is 270 g/mol. The van der Waals surface area contributed by atoms with E-state index in [1.807, 2.05) is 0 Å². The third kappa shape index (κ3) is 3.69. The molecule has 0 unspecified atom stereocenters. The first-order valence-electron chi connectivity index (χ1n) is 7.07. The molecule has 1 aromatic carbocycles. The molecule has 0 aliphatic carbocycles. The van der Waals surface area contributed by atoms with Crippen molar-refractivity contribution in [2.75, 3.05) is 44.6 Å². The number of rotatable bonds is 3. The molecule has 20 heavy (non-hydrogen) atoms. The van der Waals surface area contributed by atoms with Gasteiger partial charge in [0.2, 0.25) is 0 Å². The molecule has 5 heteroatoms. The average Bonchev–Trinajstić information content (AvgIpc) is 2.44. The van der Waals surface area contributed by atoms with Crippen LogP contribution in [0.5, 0.6) is 0 Å². The Morgan fingerprint density at radius 2 is 1.80 bits per heavy atom. The molecule has 0 saturated carbocycles. The molecule has 2 rings (SSSR count). The molecule has 1 aromatic rings. The van der Waals surface area contributed by atoms with Crippen molar-refractivity contribution < 1.29 is 5.11 Å². The minimum absolute atomic E-state index is 0.227. The number of aliphatic hydroxyl groups excluding tert-OH is 1. The van der Waals surface area contributed by atoms with Crippen LogP contribution in [0.15, 0.2) is 18.2 Å². The largest absolute Gasteiger partial charge is 0.395 e. The standard InChI is InChI=1S/C15H23N3OS/c1-12-4-3-5-13(2)14(12)16-15(20)18-8-6-17(7-9-18)10-11-19/h3-5,19H,6-11H2,1-2H3,(H,16,20). The maximum atomic E-state index is 8.96. The topological polar surface area (TPSA) is 38.7 Å². The van der Waals surface area contributed by atoms with Crippen molar-refractivity contribution in [1.29, 1.82) is 0 Å². The van der Waals surface area contributed by atoms with Crippen molar-refractivity contribution >= 4 is 23.0 Å². The zero-order valence-corrected chi connectivity index (χ0v) is 13.0. The Hall–Kier alpha value is -1.17. The molecule has 4 nitrogen and oxygen atoms in total. The van der Waals surface area contributed by atoms with Gasteiger partial charge in [-0.2, -0.15) is 0 Å². The number of hydrogen-bond acceptors (Lipinski definition) is 3. The van der Waals surface area contributed by atoms with Crippen LogP contribution < -0.4 is 5.32 Å². The van der Waals surface area contributed by atoms with E-state index in [1.165, 1.54) is 11.1 Å². The van der Waals surface area contributed by atoms with Crippen molar-refractivity contribution in [3.05, 3.63) is 29.3 Å². The molecule has 1 aliphatic heterocycles. The minimum Gasteiger partial charge on any atom is -0.395 e. The highest BCUT2D eigenvalue weighted by Crippen LogP contribution is 2.20. The molecule has 0 bridgehead atoms. The summed E-state index contributed by atoms with van der Waals surface area (Å²) in [4.78, 5) is 4.47. The van der Waals surface area contributed by atoms with Gasteiger partial charge < -0.3 is 15.3 Å². The Balaban J connectivity index is 1.93. The van der Waals surface area contributed by atoms with Crippen molar-refractivity contribution in [2.24, 2.45) is 0 Å². The zero-order valence-electron chi connectivity index (χ0n) is 12.2. The number of aliphatic hydroxyl groups is 1. The maximum Gasteiger partial charge on any atom is 0.173 e. The number of thiocarbonyl (C=S) groups is 1. The van der Waals surface area contributed by atoms with Gasteiger partial charge in [0, 0.05) is 38.4 Å². The summed E-state index contributed by atoms with van der Waals surface area (Å²) >= 11 is 5.53. The van der Waals surface area contributed by atoms with E-state index in [2.05, 4.69) is 47.2 Å². The Morgan fingerprint density at radius 1 is 1.20 bits per heavy atom. The predicted octanol–water partition coefficient (Wildman–Crippen LogP) is 1.61. The molecule has 1 fully saturated rings. The quantitative estimate of drug-likeness (QED) is 0.829. The van der Waals surface area contributed by atoms with Gasteiger partial charge in [-0.3, -0.25) is 4.90 Å². The van der Waals surface area contributed by atoms with Crippen LogP contribution in [0, 0.1) is 13.8 Å². The van der Waals surface area contributed by atoms with Crippen LogP contribution in [0.1, 0.15) is 11.1 Å². The number of anilines is 1. The first kappa shape index (κ1) is 15.2. The van der Waals surface area contributed by atoms with Crippen molar-refractivity contribution in [2.45, 2.75) is 13.8 Å². The summed E-state index contributed by atoms with van der Waals surface area (Å²) in [6, 6.07) is 6.25. The second-order valence-electron chi connectivity index (χ2n) is 5.25. The Kier molecular flexibility index (Phi) is 5.34. The Labute approximate surface area is 126 Å². The fourth-order valence-electron chi connectivity index (χ4n) is 2.51. The number of nitrogens with one attached hydrogen (secondary N) is 1. The molecule has 0 spiro atoms. The molecule has 0 aromatic heterocycles. The number of β-amino-alcohol motifs (C(OH)–C–C–N with tert-alkyl or cyclic N) is 1. The summed E-state index contributed by atoms with van der Waals surface area (Å²) < 4.78 is 0. The van der Waals surface area contributed by atoms with Crippen LogP contribution in [0.4, 0.5) is 5.69 Å². The predicted molar refractivity (Wildman–Crippen MR) is 87.2 cm³/mol. The Bertz CT molecular complexity index is 450. The number of piperazine rings is 1. The van der Waals surface area contributed by atoms with Gasteiger partial charge >= 0.3 is 0 Å². The molecule has 1 aliphatic rings. The van der Waals surface area contributed by atoms with Gasteiger partial charge in [0.25, 0.3) is 0 Å². The van der Waals surface area contributed by atoms with Gasteiger partial charge in [-0.1, -0.05) is 18.2 Å². The van der Waals surface area contributed by atoms with E-state index >= 15 is 0 Å². The lowest BCUT2D eigenvalue weighted by molar-refractivity contribution is 0.148. The number of aryl methyl sites for hydroxylation is 2. The van der Waals surface area contributed by atoms with Gasteiger partial charge in [0.05, 0.1) is 6.61 Å². The molecular formula is C15H23N3OS. The molecule has 1 saturated heterocycles. The summed E-state index contributed by atoms with van der Waals surface area (Å²) in [5.41, 5.74) is 3.55.